The van der Waals surface area contributed by atoms with Crippen molar-refractivity contribution in [2.75, 3.05) is 91.5 Å². The predicted molar refractivity (Wildman–Crippen MR) is 302 cm³/mol. The van der Waals surface area contributed by atoms with Crippen LogP contribution in [0.15, 0.2) is 101 Å². The molecule has 2 unspecified atom stereocenters. The zero-order valence-corrected chi connectivity index (χ0v) is 50.9. The maximum atomic E-state index is 9.19. The van der Waals surface area contributed by atoms with Crippen molar-refractivity contribution in [2.45, 2.75) is 84.0 Å². The maximum absolute atomic E-state index is 9.19. The van der Waals surface area contributed by atoms with Crippen LogP contribution in [0, 0.1) is 0 Å². The largest absolute Gasteiger partial charge is 0.412 e. The fraction of sp³-hybridized carbons (Fsp3) is 0.500. The summed E-state index contributed by atoms with van der Waals surface area (Å²) in [5.41, 5.74) is 8.90. The third-order valence-corrected chi connectivity index (χ3v) is 14.8. The van der Waals surface area contributed by atoms with Gasteiger partial charge in [-0.3, -0.25) is 28.0 Å². The van der Waals surface area contributed by atoms with E-state index in [1.54, 1.807) is 0 Å². The fourth-order valence-electron chi connectivity index (χ4n) is 7.97. The average Bonchev–Trinajstić information content (AvgIpc) is 3.49. The number of hydrogen-bond acceptors (Lipinski definition) is 14. The van der Waals surface area contributed by atoms with Gasteiger partial charge in [-0.25, -0.2) is 0 Å². The second-order valence-corrected chi connectivity index (χ2v) is 28.5. The molecule has 4 aromatic carbocycles. The van der Waals surface area contributed by atoms with Gasteiger partial charge in [-0.15, -0.1) is 0 Å². The maximum Gasteiger partial charge on any atom is 0.261 e. The molecule has 0 bridgehead atoms. The minimum atomic E-state index is -3.67. The van der Waals surface area contributed by atoms with Gasteiger partial charge in [-0.2, -0.15) is 33.7 Å². The van der Waals surface area contributed by atoms with Crippen LogP contribution in [0.3, 0.4) is 0 Å². The van der Waals surface area contributed by atoms with Gasteiger partial charge >= 0.3 is 0 Å². The Morgan fingerprint density at radius 3 is 0.986 bits per heavy atom. The SMILES string of the molecule is CC(C)c1ccc2c(c1)C(N1CCN(C)CC1)Cc1cc(Br)ccc1S2.CC(C)c1ccc2c(c1)C(N1CCN(C)CC1)Cc1cc(Br)ccc1S2.CS(=O)(=O)O.CS(=O)(=O)O.CS(=O)(=O)O.CS(=O)(=O)O.O. The zero-order chi connectivity index (χ0) is 54.5. The van der Waals surface area contributed by atoms with Crippen molar-refractivity contribution in [1.82, 2.24) is 19.6 Å². The highest BCUT2D eigenvalue weighted by molar-refractivity contribution is 9.10. The highest BCUT2D eigenvalue weighted by Crippen LogP contribution is 2.46. The van der Waals surface area contributed by atoms with Crippen molar-refractivity contribution in [3.05, 3.63) is 115 Å². The first kappa shape index (κ1) is 67.1. The van der Waals surface area contributed by atoms with Crippen LogP contribution in [0.2, 0.25) is 0 Å². The van der Waals surface area contributed by atoms with Crippen LogP contribution in [0.4, 0.5) is 0 Å². The average molecular weight is 1270 g/mol. The molecule has 8 rings (SSSR count). The second-order valence-electron chi connectivity index (χ2n) is 18.7. The van der Waals surface area contributed by atoms with Crippen LogP contribution in [0.25, 0.3) is 0 Å². The third kappa shape index (κ3) is 26.7. The van der Waals surface area contributed by atoms with Crippen molar-refractivity contribution >= 4 is 95.9 Å². The van der Waals surface area contributed by atoms with Crippen LogP contribution in [0.5, 0.6) is 0 Å². The van der Waals surface area contributed by atoms with Crippen molar-refractivity contribution < 1.29 is 57.4 Å². The summed E-state index contributed by atoms with van der Waals surface area (Å²) in [6, 6.07) is 28.8. The summed E-state index contributed by atoms with van der Waals surface area (Å²) in [7, 11) is -10.2. The standard InChI is InChI=1S/2C22H27BrN2S.4CH4O3S.H2O/c2*1-15(2)16-4-6-22-19(13-16)20(25-10-8-24(3)9-11-25)14-17-12-18(23)5-7-21(17)26-22;4*1-5(2,3)4;/h2*4-7,12-13,15,20H,8-11,14H2,1-3H3;4*1H3,(H,2,3,4);1H2. The quantitative estimate of drug-likeness (QED) is 0.140. The monoisotopic (exact) mass is 1260 g/mol. The summed E-state index contributed by atoms with van der Waals surface area (Å²) in [4.78, 5) is 16.0. The van der Waals surface area contributed by atoms with E-state index in [4.69, 9.17) is 18.2 Å². The number of likely N-dealkylation sites (N-methyl/N-ethyl adjacent to an activating group) is 2. The number of halogens is 2. The Hall–Kier alpha value is -2.02. The molecule has 6 N–H and O–H groups in total. The van der Waals surface area contributed by atoms with Gasteiger partial charge in [0.1, 0.15) is 0 Å². The van der Waals surface area contributed by atoms with Gasteiger partial charge in [0.25, 0.3) is 40.5 Å². The van der Waals surface area contributed by atoms with E-state index >= 15 is 0 Å². The number of fused-ring (bicyclic) bond motifs is 4. The highest BCUT2D eigenvalue weighted by atomic mass is 79.9. The molecule has 0 amide bonds. The molecule has 0 aliphatic carbocycles. The third-order valence-electron chi connectivity index (χ3n) is 11.4. The van der Waals surface area contributed by atoms with Crippen LogP contribution in [-0.2, 0) is 53.3 Å². The number of nitrogens with zero attached hydrogens (tertiary/aromatic N) is 4. The molecule has 412 valence electrons. The van der Waals surface area contributed by atoms with Gasteiger partial charge in [0.2, 0.25) is 0 Å². The summed E-state index contributed by atoms with van der Waals surface area (Å²) in [6.07, 6.45) is 5.06. The van der Waals surface area contributed by atoms with Gasteiger partial charge < -0.3 is 15.3 Å². The van der Waals surface area contributed by atoms with Gasteiger partial charge in [0.05, 0.1) is 25.0 Å². The molecule has 2 atom stereocenters. The van der Waals surface area contributed by atoms with E-state index in [0.717, 1.165) is 65.2 Å². The Kier molecular flexibility index (Phi) is 27.2. The first-order valence-electron chi connectivity index (χ1n) is 22.8. The molecule has 0 radical (unpaired) electrons. The number of piperazine rings is 2. The molecule has 4 aromatic rings. The lowest BCUT2D eigenvalue weighted by Crippen LogP contribution is -2.46. The Balaban J connectivity index is 0.000000362. The lowest BCUT2D eigenvalue weighted by Gasteiger charge is -2.38. The van der Waals surface area contributed by atoms with E-state index in [1.165, 1.54) is 61.9 Å². The van der Waals surface area contributed by atoms with Gasteiger partial charge in [-0.05, 0) is 121 Å². The van der Waals surface area contributed by atoms with Crippen molar-refractivity contribution in [2.24, 2.45) is 0 Å². The molecule has 0 aromatic heterocycles. The lowest BCUT2D eigenvalue weighted by atomic mass is 9.93. The molecule has 2 saturated heterocycles. The minimum Gasteiger partial charge on any atom is -0.412 e. The molecule has 0 spiro atoms. The van der Waals surface area contributed by atoms with E-state index < -0.39 is 40.5 Å². The second kappa shape index (κ2) is 29.6. The Bertz CT molecular complexity index is 2590. The molecule has 17 nitrogen and oxygen atoms in total. The summed E-state index contributed by atoms with van der Waals surface area (Å²) >= 11 is 11.2. The molecular formula is C48H72Br2N4O13S6. The topological polar surface area (TPSA) is 262 Å². The first-order chi connectivity index (χ1) is 33.0. The minimum absolute atomic E-state index is 0. The first-order valence-corrected chi connectivity index (χ1v) is 33.4. The van der Waals surface area contributed by atoms with E-state index in [-0.39, 0.29) is 5.48 Å². The summed E-state index contributed by atoms with van der Waals surface area (Å²) in [6.45, 7) is 18.4. The van der Waals surface area contributed by atoms with E-state index in [1.807, 2.05) is 23.5 Å². The summed E-state index contributed by atoms with van der Waals surface area (Å²) in [5, 5.41) is 0. The molecule has 4 aliphatic heterocycles. The van der Waals surface area contributed by atoms with Crippen LogP contribution < -0.4 is 0 Å². The number of rotatable bonds is 4. The molecular weight excluding hydrogens is 1190 g/mol. The molecule has 2 fully saturated rings. The van der Waals surface area contributed by atoms with Crippen molar-refractivity contribution in [3.63, 3.8) is 0 Å². The summed E-state index contributed by atoms with van der Waals surface area (Å²) < 4.78 is 106. The van der Waals surface area contributed by atoms with Crippen LogP contribution in [-0.4, -0.2) is 168 Å². The van der Waals surface area contributed by atoms with E-state index in [0.29, 0.717) is 48.9 Å². The van der Waals surface area contributed by atoms with E-state index in [9.17, 15) is 33.7 Å². The van der Waals surface area contributed by atoms with Crippen molar-refractivity contribution in [1.29, 1.82) is 0 Å². The molecule has 73 heavy (non-hydrogen) atoms. The smallest absolute Gasteiger partial charge is 0.261 e. The number of hydrogen-bond donors (Lipinski definition) is 4. The lowest BCUT2D eigenvalue weighted by molar-refractivity contribution is 0.110. The van der Waals surface area contributed by atoms with Crippen molar-refractivity contribution in [3.8, 4) is 0 Å². The zero-order valence-electron chi connectivity index (χ0n) is 42.9. The van der Waals surface area contributed by atoms with Crippen LogP contribution >= 0.6 is 55.4 Å². The number of benzene rings is 4. The highest BCUT2D eigenvalue weighted by Gasteiger charge is 2.32. The Morgan fingerprint density at radius 2 is 0.726 bits per heavy atom. The molecule has 0 saturated carbocycles. The Labute approximate surface area is 459 Å². The van der Waals surface area contributed by atoms with Gasteiger partial charge in [-0.1, -0.05) is 107 Å². The van der Waals surface area contributed by atoms with Crippen LogP contribution in [0.1, 0.15) is 85.0 Å². The molecule has 25 heteroatoms. The predicted octanol–water partition coefficient (Wildman–Crippen LogP) is 8.33. The molecule has 4 aliphatic rings. The van der Waals surface area contributed by atoms with E-state index in [2.05, 4.69) is 166 Å². The molecule has 4 heterocycles. The Morgan fingerprint density at radius 1 is 0.466 bits per heavy atom. The normalized spacial score (nSPS) is 18.4. The fourth-order valence-corrected chi connectivity index (χ4v) is 11.0. The van der Waals surface area contributed by atoms with Gasteiger partial charge in [0.15, 0.2) is 0 Å². The van der Waals surface area contributed by atoms with Gasteiger partial charge in [0, 0.05) is 93.0 Å². The summed E-state index contributed by atoms with van der Waals surface area (Å²) in [5.74, 6) is 1.14.